The third-order valence-electron chi connectivity index (χ3n) is 0.963. The largest absolute Gasteiger partial charge is 0.377 e. The second-order valence-corrected chi connectivity index (χ2v) is 1.87. The number of ether oxygens (including phenoxy) is 1. The van der Waals surface area contributed by atoms with Crippen LogP contribution < -0.4 is 0 Å². The Kier molecular flexibility index (Phi) is 6.89. The summed E-state index contributed by atoms with van der Waals surface area (Å²) in [5, 5.41) is 3.68. The summed E-state index contributed by atoms with van der Waals surface area (Å²) in [5.74, 6) is 0.773. The number of aryl methyl sites for hydroxylation is 1. The Labute approximate surface area is 68.3 Å². The highest BCUT2D eigenvalue weighted by atomic mass is 16.5. The second kappa shape index (κ2) is 5.92. The molecule has 0 aliphatic heterocycles. The maximum atomic E-state index is 4.83. The lowest BCUT2D eigenvalue weighted by Gasteiger charge is -1.86. The molecule has 0 aromatic carbocycles. The van der Waals surface area contributed by atoms with Crippen molar-refractivity contribution in [1.82, 2.24) is 5.16 Å². The molecule has 1 heterocycles. The zero-order valence-electron chi connectivity index (χ0n) is 5.55. The standard InChI is InChI=1S/C6H9NO2.2CH4/c1-5-3-6(4-8-2)9-7-5;;/h3H,4H2,1-2H3;2*1H4. The van der Waals surface area contributed by atoms with Crippen molar-refractivity contribution in [3.05, 3.63) is 17.5 Å². The monoisotopic (exact) mass is 159 g/mol. The van der Waals surface area contributed by atoms with E-state index < -0.39 is 0 Å². The normalized spacial score (nSPS) is 8.18. The minimum Gasteiger partial charge on any atom is -0.377 e. The van der Waals surface area contributed by atoms with Gasteiger partial charge in [-0.2, -0.15) is 0 Å². The van der Waals surface area contributed by atoms with Crippen molar-refractivity contribution in [2.24, 2.45) is 0 Å². The summed E-state index contributed by atoms with van der Waals surface area (Å²) >= 11 is 0. The summed E-state index contributed by atoms with van der Waals surface area (Å²) in [6.07, 6.45) is 0. The van der Waals surface area contributed by atoms with Crippen LogP contribution in [0.15, 0.2) is 10.6 Å². The smallest absolute Gasteiger partial charge is 0.162 e. The van der Waals surface area contributed by atoms with Crippen LogP contribution in [0.1, 0.15) is 26.3 Å². The van der Waals surface area contributed by atoms with Crippen molar-refractivity contribution in [1.29, 1.82) is 0 Å². The predicted octanol–water partition coefficient (Wildman–Crippen LogP) is 2.40. The Morgan fingerprint density at radius 3 is 2.55 bits per heavy atom. The molecule has 1 aromatic heterocycles. The first-order chi connectivity index (χ1) is 4.33. The van der Waals surface area contributed by atoms with Crippen LogP contribution in [0, 0.1) is 6.92 Å². The number of rotatable bonds is 2. The fourth-order valence-corrected chi connectivity index (χ4v) is 0.627. The summed E-state index contributed by atoms with van der Waals surface area (Å²) in [7, 11) is 1.62. The fourth-order valence-electron chi connectivity index (χ4n) is 0.627. The second-order valence-electron chi connectivity index (χ2n) is 1.87. The van der Waals surface area contributed by atoms with E-state index in [0.29, 0.717) is 6.61 Å². The first kappa shape index (κ1) is 12.8. The molecule has 0 bridgehead atoms. The molecule has 11 heavy (non-hydrogen) atoms. The van der Waals surface area contributed by atoms with Crippen molar-refractivity contribution in [2.75, 3.05) is 7.11 Å². The molecule has 3 heteroatoms. The van der Waals surface area contributed by atoms with Gasteiger partial charge in [-0.3, -0.25) is 0 Å². The molecule has 0 spiro atoms. The number of nitrogens with zero attached hydrogens (tertiary/aromatic N) is 1. The van der Waals surface area contributed by atoms with Crippen LogP contribution in [-0.2, 0) is 11.3 Å². The molecule has 1 aromatic rings. The molecule has 1 rings (SSSR count). The molecule has 0 aliphatic rings. The minimum absolute atomic E-state index is 0. The number of hydrogen-bond donors (Lipinski definition) is 0. The van der Waals surface area contributed by atoms with Crippen LogP contribution in [0.25, 0.3) is 0 Å². The summed E-state index contributed by atoms with van der Waals surface area (Å²) in [6, 6.07) is 1.85. The van der Waals surface area contributed by atoms with Crippen LogP contribution in [0.3, 0.4) is 0 Å². The van der Waals surface area contributed by atoms with Gasteiger partial charge in [0.1, 0.15) is 6.61 Å². The number of hydrogen-bond acceptors (Lipinski definition) is 3. The van der Waals surface area contributed by atoms with Gasteiger partial charge in [0, 0.05) is 13.2 Å². The average molecular weight is 159 g/mol. The van der Waals surface area contributed by atoms with E-state index in [2.05, 4.69) is 5.16 Å². The Bertz CT molecular complexity index is 184. The number of methoxy groups -OCH3 is 1. The average Bonchev–Trinajstić information content (AvgIpc) is 2.17. The summed E-state index contributed by atoms with van der Waals surface area (Å²) in [5.41, 5.74) is 0.891. The van der Waals surface area contributed by atoms with Crippen LogP contribution in [0.2, 0.25) is 0 Å². The lowest BCUT2D eigenvalue weighted by Crippen LogP contribution is -1.81. The van der Waals surface area contributed by atoms with Gasteiger partial charge in [0.05, 0.1) is 5.69 Å². The van der Waals surface area contributed by atoms with Gasteiger partial charge in [0.2, 0.25) is 0 Å². The third kappa shape index (κ3) is 3.78. The fraction of sp³-hybridized carbons (Fsp3) is 0.625. The van der Waals surface area contributed by atoms with Gasteiger partial charge >= 0.3 is 0 Å². The highest BCUT2D eigenvalue weighted by Crippen LogP contribution is 2.01. The quantitative estimate of drug-likeness (QED) is 0.664. The maximum absolute atomic E-state index is 4.83. The van der Waals surface area contributed by atoms with E-state index in [9.17, 15) is 0 Å². The Morgan fingerprint density at radius 1 is 1.55 bits per heavy atom. The highest BCUT2D eigenvalue weighted by Gasteiger charge is 1.96. The van der Waals surface area contributed by atoms with E-state index >= 15 is 0 Å². The number of aromatic nitrogens is 1. The maximum Gasteiger partial charge on any atom is 0.162 e. The topological polar surface area (TPSA) is 35.3 Å². The molecule has 0 radical (unpaired) electrons. The lowest BCUT2D eigenvalue weighted by atomic mass is 10.4. The first-order valence-electron chi connectivity index (χ1n) is 2.74. The van der Waals surface area contributed by atoms with Crippen LogP contribution >= 0.6 is 0 Å². The van der Waals surface area contributed by atoms with Gasteiger partial charge in [-0.05, 0) is 6.92 Å². The van der Waals surface area contributed by atoms with Gasteiger partial charge in [0.15, 0.2) is 5.76 Å². The molecule has 3 nitrogen and oxygen atoms in total. The SMILES string of the molecule is C.C.COCc1cc(C)no1. The van der Waals surface area contributed by atoms with Gasteiger partial charge in [0.25, 0.3) is 0 Å². The van der Waals surface area contributed by atoms with Gasteiger partial charge < -0.3 is 9.26 Å². The molecule has 0 atom stereocenters. The Balaban J connectivity index is 0. The molecule has 0 saturated carbocycles. The van der Waals surface area contributed by atoms with Crippen molar-refractivity contribution in [2.45, 2.75) is 28.4 Å². The predicted molar refractivity (Wildman–Crippen MR) is 45.4 cm³/mol. The van der Waals surface area contributed by atoms with Crippen LogP contribution in [-0.4, -0.2) is 12.3 Å². The third-order valence-corrected chi connectivity index (χ3v) is 0.963. The van der Waals surface area contributed by atoms with Gasteiger partial charge in [-0.15, -0.1) is 0 Å². The van der Waals surface area contributed by atoms with E-state index in [-0.39, 0.29) is 14.9 Å². The summed E-state index contributed by atoms with van der Waals surface area (Å²) in [6.45, 7) is 2.38. The molecular formula is C8H17NO2. The van der Waals surface area contributed by atoms with Crippen molar-refractivity contribution < 1.29 is 9.26 Å². The Hall–Kier alpha value is -0.830. The van der Waals surface area contributed by atoms with Crippen LogP contribution in [0.5, 0.6) is 0 Å². The summed E-state index contributed by atoms with van der Waals surface area (Å²) in [4.78, 5) is 0. The van der Waals surface area contributed by atoms with Crippen LogP contribution in [0.4, 0.5) is 0 Å². The molecule has 0 saturated heterocycles. The van der Waals surface area contributed by atoms with Gasteiger partial charge in [-0.1, -0.05) is 20.0 Å². The van der Waals surface area contributed by atoms with Gasteiger partial charge in [-0.25, -0.2) is 0 Å². The minimum atomic E-state index is 0. The van der Waals surface area contributed by atoms with E-state index in [4.69, 9.17) is 9.26 Å². The first-order valence-corrected chi connectivity index (χ1v) is 2.74. The lowest BCUT2D eigenvalue weighted by molar-refractivity contribution is 0.156. The molecule has 0 aliphatic carbocycles. The van der Waals surface area contributed by atoms with Crippen molar-refractivity contribution in [3.63, 3.8) is 0 Å². The molecular weight excluding hydrogens is 142 g/mol. The van der Waals surface area contributed by atoms with Crippen molar-refractivity contribution >= 4 is 0 Å². The zero-order chi connectivity index (χ0) is 6.69. The zero-order valence-corrected chi connectivity index (χ0v) is 5.55. The van der Waals surface area contributed by atoms with E-state index in [1.165, 1.54) is 0 Å². The molecule has 66 valence electrons. The molecule has 0 fully saturated rings. The highest BCUT2D eigenvalue weighted by molar-refractivity contribution is 5.01. The van der Waals surface area contributed by atoms with E-state index in [0.717, 1.165) is 11.5 Å². The molecule has 0 N–H and O–H groups in total. The van der Waals surface area contributed by atoms with E-state index in [1.54, 1.807) is 7.11 Å². The Morgan fingerprint density at radius 2 is 2.18 bits per heavy atom. The molecule has 0 amide bonds. The summed E-state index contributed by atoms with van der Waals surface area (Å²) < 4.78 is 9.64. The van der Waals surface area contributed by atoms with E-state index in [1.807, 2.05) is 13.0 Å². The molecule has 0 unspecified atom stereocenters. The van der Waals surface area contributed by atoms with Crippen molar-refractivity contribution in [3.8, 4) is 0 Å².